The minimum absolute atomic E-state index is 0.0419. The third-order valence-electron chi connectivity index (χ3n) is 1.20. The predicted molar refractivity (Wildman–Crippen MR) is 45.2 cm³/mol. The van der Waals surface area contributed by atoms with E-state index in [1.165, 1.54) is 5.57 Å². The molecule has 0 aliphatic heterocycles. The van der Waals surface area contributed by atoms with Crippen LogP contribution in [-0.2, 0) is 9.53 Å². The molecule has 0 rings (SSSR count). The maximum Gasteiger partial charge on any atom is 0.293 e. The molecule has 64 valence electrons. The van der Waals surface area contributed by atoms with Crippen molar-refractivity contribution in [1.82, 2.24) is 0 Å². The molecule has 0 aromatic heterocycles. The highest BCUT2D eigenvalue weighted by Crippen LogP contribution is 2.18. The highest BCUT2D eigenvalue weighted by molar-refractivity contribution is 5.37. The van der Waals surface area contributed by atoms with Gasteiger partial charge in [-0.3, -0.25) is 4.79 Å². The highest BCUT2D eigenvalue weighted by atomic mass is 16.5. The highest BCUT2D eigenvalue weighted by Gasteiger charge is 2.14. The van der Waals surface area contributed by atoms with Crippen LogP contribution < -0.4 is 0 Å². The molecule has 0 aromatic rings. The summed E-state index contributed by atoms with van der Waals surface area (Å²) in [5.41, 5.74) is 1.20. The van der Waals surface area contributed by atoms with Gasteiger partial charge in [0.15, 0.2) is 0 Å². The quantitative estimate of drug-likeness (QED) is 0.460. The predicted octanol–water partition coefficient (Wildman–Crippen LogP) is 2.15. The molecule has 0 saturated heterocycles. The first-order valence-corrected chi connectivity index (χ1v) is 3.69. The van der Waals surface area contributed by atoms with E-state index in [1.807, 2.05) is 27.7 Å². The van der Waals surface area contributed by atoms with Crippen molar-refractivity contribution in [3.8, 4) is 0 Å². The average molecular weight is 156 g/mol. The summed E-state index contributed by atoms with van der Waals surface area (Å²) in [6.07, 6.45) is 2.09. The van der Waals surface area contributed by atoms with Crippen molar-refractivity contribution in [3.05, 3.63) is 11.6 Å². The van der Waals surface area contributed by atoms with Crippen molar-refractivity contribution in [1.29, 1.82) is 0 Å². The molecule has 0 bridgehead atoms. The van der Waals surface area contributed by atoms with Gasteiger partial charge in [-0.15, -0.1) is 0 Å². The molecule has 0 saturated carbocycles. The van der Waals surface area contributed by atoms with Gasteiger partial charge in [0.1, 0.15) is 0 Å². The summed E-state index contributed by atoms with van der Waals surface area (Å²) in [6, 6.07) is 0. The fraction of sp³-hybridized carbons (Fsp3) is 0.667. The number of hydrogen-bond donors (Lipinski definition) is 0. The standard InChI is InChI=1S/C9H16O2/c1-8(2)5-9(3,4)6-11-7-10/h5,7H,6H2,1-4H3. The Balaban J connectivity index is 3.99. The number of ether oxygens (including phenoxy) is 1. The third kappa shape index (κ3) is 5.64. The molecule has 0 atom stereocenters. The van der Waals surface area contributed by atoms with Gasteiger partial charge in [0.25, 0.3) is 6.47 Å². The van der Waals surface area contributed by atoms with E-state index < -0.39 is 0 Å². The SMILES string of the molecule is CC(C)=CC(C)(C)COC=O. The lowest BCUT2D eigenvalue weighted by Crippen LogP contribution is -2.16. The number of carbonyl (C=O) groups is 1. The summed E-state index contributed by atoms with van der Waals surface area (Å²) in [5.74, 6) is 0. The van der Waals surface area contributed by atoms with E-state index in [-0.39, 0.29) is 5.41 Å². The third-order valence-corrected chi connectivity index (χ3v) is 1.20. The number of rotatable bonds is 4. The molecule has 0 aliphatic rings. The van der Waals surface area contributed by atoms with Crippen LogP contribution in [0.25, 0.3) is 0 Å². The molecule has 0 amide bonds. The summed E-state index contributed by atoms with van der Waals surface area (Å²) in [4.78, 5) is 9.89. The van der Waals surface area contributed by atoms with Crippen molar-refractivity contribution < 1.29 is 9.53 Å². The van der Waals surface area contributed by atoms with Crippen LogP contribution in [0.15, 0.2) is 11.6 Å². The topological polar surface area (TPSA) is 26.3 Å². The Labute approximate surface area is 68.2 Å². The molecule has 0 unspecified atom stereocenters. The molecule has 0 spiro atoms. The van der Waals surface area contributed by atoms with Gasteiger partial charge in [-0.1, -0.05) is 25.5 Å². The van der Waals surface area contributed by atoms with Gasteiger partial charge in [-0.05, 0) is 13.8 Å². The molecule has 0 heterocycles. The van der Waals surface area contributed by atoms with Gasteiger partial charge in [0.2, 0.25) is 0 Å². The first-order chi connectivity index (χ1) is 4.98. The lowest BCUT2D eigenvalue weighted by atomic mass is 9.92. The van der Waals surface area contributed by atoms with Crippen LogP contribution in [0.2, 0.25) is 0 Å². The normalized spacial score (nSPS) is 10.5. The second kappa shape index (κ2) is 4.16. The summed E-state index contributed by atoms with van der Waals surface area (Å²) in [6.45, 7) is 9.06. The van der Waals surface area contributed by atoms with E-state index in [4.69, 9.17) is 0 Å². The number of hydrogen-bond acceptors (Lipinski definition) is 2. The Morgan fingerprint density at radius 3 is 2.36 bits per heavy atom. The fourth-order valence-electron chi connectivity index (χ4n) is 1.07. The van der Waals surface area contributed by atoms with Crippen LogP contribution in [-0.4, -0.2) is 13.1 Å². The van der Waals surface area contributed by atoms with Crippen LogP contribution in [0.3, 0.4) is 0 Å². The molecular formula is C9H16O2. The van der Waals surface area contributed by atoms with Gasteiger partial charge in [0, 0.05) is 5.41 Å². The van der Waals surface area contributed by atoms with Crippen molar-refractivity contribution in [2.75, 3.05) is 6.61 Å². The van der Waals surface area contributed by atoms with E-state index >= 15 is 0 Å². The minimum atomic E-state index is -0.0419. The van der Waals surface area contributed by atoms with Gasteiger partial charge < -0.3 is 4.74 Å². The summed E-state index contributed by atoms with van der Waals surface area (Å²) < 4.78 is 4.67. The molecule has 2 nitrogen and oxygen atoms in total. The first kappa shape index (κ1) is 10.2. The van der Waals surface area contributed by atoms with Gasteiger partial charge >= 0.3 is 0 Å². The van der Waals surface area contributed by atoms with Crippen LogP contribution in [0.4, 0.5) is 0 Å². The molecule has 2 heteroatoms. The smallest absolute Gasteiger partial charge is 0.293 e. The molecule has 0 aliphatic carbocycles. The summed E-state index contributed by atoms with van der Waals surface area (Å²) >= 11 is 0. The van der Waals surface area contributed by atoms with E-state index in [1.54, 1.807) is 0 Å². The monoisotopic (exact) mass is 156 g/mol. The lowest BCUT2D eigenvalue weighted by molar-refractivity contribution is -0.130. The fourth-order valence-corrected chi connectivity index (χ4v) is 1.07. The number of carbonyl (C=O) groups excluding carboxylic acids is 1. The zero-order valence-electron chi connectivity index (χ0n) is 7.68. The zero-order chi connectivity index (χ0) is 8.91. The van der Waals surface area contributed by atoms with Crippen LogP contribution in [0.5, 0.6) is 0 Å². The largest absolute Gasteiger partial charge is 0.467 e. The van der Waals surface area contributed by atoms with E-state index in [9.17, 15) is 4.79 Å². The Morgan fingerprint density at radius 1 is 1.45 bits per heavy atom. The van der Waals surface area contributed by atoms with Gasteiger partial charge in [-0.2, -0.15) is 0 Å². The summed E-state index contributed by atoms with van der Waals surface area (Å²) in [7, 11) is 0. The molecule has 0 aromatic carbocycles. The van der Waals surface area contributed by atoms with E-state index in [0.717, 1.165) is 0 Å². The van der Waals surface area contributed by atoms with Crippen molar-refractivity contribution >= 4 is 6.47 Å². The Bertz CT molecular complexity index is 153. The first-order valence-electron chi connectivity index (χ1n) is 3.69. The number of allylic oxidation sites excluding steroid dienone is 1. The van der Waals surface area contributed by atoms with E-state index in [0.29, 0.717) is 13.1 Å². The van der Waals surface area contributed by atoms with E-state index in [2.05, 4.69) is 10.8 Å². The maximum absolute atomic E-state index is 9.89. The van der Waals surface area contributed by atoms with Crippen molar-refractivity contribution in [2.45, 2.75) is 27.7 Å². The maximum atomic E-state index is 9.89. The second-order valence-electron chi connectivity index (χ2n) is 3.62. The minimum Gasteiger partial charge on any atom is -0.467 e. The molecule has 11 heavy (non-hydrogen) atoms. The van der Waals surface area contributed by atoms with Gasteiger partial charge in [-0.25, -0.2) is 0 Å². The van der Waals surface area contributed by atoms with Crippen molar-refractivity contribution in [2.24, 2.45) is 5.41 Å². The second-order valence-corrected chi connectivity index (χ2v) is 3.62. The zero-order valence-corrected chi connectivity index (χ0v) is 7.68. The Kier molecular flexibility index (Phi) is 3.86. The molecule has 0 N–H and O–H groups in total. The van der Waals surface area contributed by atoms with Crippen LogP contribution in [0, 0.1) is 5.41 Å². The Hall–Kier alpha value is -0.790. The van der Waals surface area contributed by atoms with Crippen LogP contribution >= 0.6 is 0 Å². The van der Waals surface area contributed by atoms with Crippen molar-refractivity contribution in [3.63, 3.8) is 0 Å². The molecule has 0 fully saturated rings. The molecular weight excluding hydrogens is 140 g/mol. The summed E-state index contributed by atoms with van der Waals surface area (Å²) in [5, 5.41) is 0. The average Bonchev–Trinajstić information content (AvgIpc) is 1.81. The Morgan fingerprint density at radius 2 is 2.00 bits per heavy atom. The molecule has 0 radical (unpaired) electrons. The lowest BCUT2D eigenvalue weighted by Gasteiger charge is -2.18. The van der Waals surface area contributed by atoms with Gasteiger partial charge in [0.05, 0.1) is 6.61 Å². The van der Waals surface area contributed by atoms with Crippen LogP contribution in [0.1, 0.15) is 27.7 Å².